The van der Waals surface area contributed by atoms with Crippen LogP contribution in [0.4, 0.5) is 11.4 Å². The van der Waals surface area contributed by atoms with Crippen LogP contribution in [0.3, 0.4) is 0 Å². The lowest BCUT2D eigenvalue weighted by molar-refractivity contribution is -0.117. The zero-order valence-electron chi connectivity index (χ0n) is 17.5. The second-order valence-electron chi connectivity index (χ2n) is 6.94. The van der Waals surface area contributed by atoms with E-state index in [1.165, 1.54) is 6.92 Å². The van der Waals surface area contributed by atoms with Crippen molar-refractivity contribution in [1.82, 2.24) is 15.1 Å². The lowest BCUT2D eigenvalue weighted by Gasteiger charge is -2.17. The molecule has 9 nitrogen and oxygen atoms in total. The summed E-state index contributed by atoms with van der Waals surface area (Å²) < 4.78 is 11.3. The van der Waals surface area contributed by atoms with Crippen molar-refractivity contribution in [2.75, 3.05) is 23.7 Å². The number of carbonyl (C=O) groups excluding carboxylic acids is 2. The van der Waals surface area contributed by atoms with Crippen molar-refractivity contribution in [1.29, 1.82) is 0 Å². The molecule has 30 heavy (non-hydrogen) atoms. The Morgan fingerprint density at radius 3 is 2.27 bits per heavy atom. The molecule has 0 bridgehead atoms. The maximum atomic E-state index is 12.4. The largest absolute Gasteiger partial charge is 0.466 e. The fourth-order valence-corrected chi connectivity index (χ4v) is 2.98. The van der Waals surface area contributed by atoms with Gasteiger partial charge in [-0.15, -0.1) is 10.2 Å². The van der Waals surface area contributed by atoms with Crippen LogP contribution in [0.5, 0.6) is 0 Å². The molecule has 9 heteroatoms. The maximum absolute atomic E-state index is 12.4. The van der Waals surface area contributed by atoms with Crippen LogP contribution in [-0.4, -0.2) is 40.0 Å². The van der Waals surface area contributed by atoms with Gasteiger partial charge in [0.25, 0.3) is 5.89 Å². The van der Waals surface area contributed by atoms with Gasteiger partial charge in [0, 0.05) is 18.3 Å². The van der Waals surface area contributed by atoms with E-state index in [-0.39, 0.29) is 18.4 Å². The first-order valence-electron chi connectivity index (χ1n) is 9.63. The predicted molar refractivity (Wildman–Crippen MR) is 112 cm³/mol. The van der Waals surface area contributed by atoms with Gasteiger partial charge in [-0.3, -0.25) is 14.5 Å². The SMILES string of the molecule is CCN(CC(=O)Nc1ccc(NC(C)=O)cc1)Cc1nnc(-c2cc(C)oc2C)o1. The number of carbonyl (C=O) groups is 2. The summed E-state index contributed by atoms with van der Waals surface area (Å²) in [5.74, 6) is 2.02. The molecule has 158 valence electrons. The van der Waals surface area contributed by atoms with Crippen molar-refractivity contribution in [3.8, 4) is 11.5 Å². The molecule has 0 atom stereocenters. The Bertz CT molecular complexity index is 1020. The Balaban J connectivity index is 1.57. The van der Waals surface area contributed by atoms with Crippen LogP contribution in [-0.2, 0) is 16.1 Å². The standard InChI is InChI=1S/C21H25N5O4/c1-5-26(11-19(28)23-17-8-6-16(7-9-17)22-15(4)27)12-20-24-25-21(30-20)18-10-13(2)29-14(18)3/h6-10H,5,11-12H2,1-4H3,(H,22,27)(H,23,28). The van der Waals surface area contributed by atoms with Crippen molar-refractivity contribution in [3.05, 3.63) is 47.7 Å². The van der Waals surface area contributed by atoms with Crippen LogP contribution in [0, 0.1) is 13.8 Å². The molecule has 0 saturated heterocycles. The van der Waals surface area contributed by atoms with E-state index in [0.717, 1.165) is 17.1 Å². The summed E-state index contributed by atoms with van der Waals surface area (Å²) in [4.78, 5) is 25.4. The molecule has 0 radical (unpaired) electrons. The van der Waals surface area contributed by atoms with E-state index >= 15 is 0 Å². The number of amides is 2. The molecule has 0 aliphatic heterocycles. The first-order valence-corrected chi connectivity index (χ1v) is 9.63. The molecular formula is C21H25N5O4. The van der Waals surface area contributed by atoms with Gasteiger partial charge in [0.2, 0.25) is 17.7 Å². The molecule has 0 fully saturated rings. The maximum Gasteiger partial charge on any atom is 0.251 e. The van der Waals surface area contributed by atoms with Crippen molar-refractivity contribution < 1.29 is 18.4 Å². The number of benzene rings is 1. The topological polar surface area (TPSA) is 114 Å². The van der Waals surface area contributed by atoms with Crippen molar-refractivity contribution in [3.63, 3.8) is 0 Å². The van der Waals surface area contributed by atoms with E-state index in [9.17, 15) is 9.59 Å². The summed E-state index contributed by atoms with van der Waals surface area (Å²) in [6.45, 7) is 8.27. The van der Waals surface area contributed by atoms with Crippen molar-refractivity contribution in [2.45, 2.75) is 34.2 Å². The predicted octanol–water partition coefficient (Wildman–Crippen LogP) is 3.37. The Kier molecular flexibility index (Phi) is 6.63. The van der Waals surface area contributed by atoms with Gasteiger partial charge in [0.05, 0.1) is 18.7 Å². The Labute approximate surface area is 174 Å². The molecule has 0 aliphatic carbocycles. The molecule has 1 aromatic carbocycles. The van der Waals surface area contributed by atoms with Gasteiger partial charge in [0.1, 0.15) is 11.5 Å². The van der Waals surface area contributed by atoms with Crippen LogP contribution in [0.2, 0.25) is 0 Å². The zero-order chi connectivity index (χ0) is 21.7. The van der Waals surface area contributed by atoms with E-state index in [2.05, 4.69) is 20.8 Å². The fraction of sp³-hybridized carbons (Fsp3) is 0.333. The van der Waals surface area contributed by atoms with Crippen LogP contribution in [0.25, 0.3) is 11.5 Å². The minimum Gasteiger partial charge on any atom is -0.466 e. The van der Waals surface area contributed by atoms with Gasteiger partial charge in [0.15, 0.2) is 0 Å². The van der Waals surface area contributed by atoms with Crippen LogP contribution < -0.4 is 10.6 Å². The van der Waals surface area contributed by atoms with E-state index in [1.807, 2.05) is 31.7 Å². The summed E-state index contributed by atoms with van der Waals surface area (Å²) >= 11 is 0. The number of nitrogens with zero attached hydrogens (tertiary/aromatic N) is 3. The molecule has 3 aromatic rings. The highest BCUT2D eigenvalue weighted by Crippen LogP contribution is 2.25. The third-order valence-corrected chi connectivity index (χ3v) is 4.40. The lowest BCUT2D eigenvalue weighted by atomic mass is 10.2. The number of aryl methyl sites for hydroxylation is 2. The highest BCUT2D eigenvalue weighted by atomic mass is 16.4. The number of furan rings is 1. The van der Waals surface area contributed by atoms with E-state index in [4.69, 9.17) is 8.83 Å². The molecule has 0 spiro atoms. The highest BCUT2D eigenvalue weighted by molar-refractivity contribution is 5.93. The molecule has 2 N–H and O–H groups in total. The van der Waals surface area contributed by atoms with E-state index in [0.29, 0.717) is 36.2 Å². The Hall–Kier alpha value is -3.46. The number of aromatic nitrogens is 2. The monoisotopic (exact) mass is 411 g/mol. The van der Waals surface area contributed by atoms with Crippen molar-refractivity contribution in [2.24, 2.45) is 0 Å². The van der Waals surface area contributed by atoms with Gasteiger partial charge < -0.3 is 19.5 Å². The normalized spacial score (nSPS) is 11.0. The number of hydrogen-bond acceptors (Lipinski definition) is 7. The van der Waals surface area contributed by atoms with Gasteiger partial charge in [-0.25, -0.2) is 0 Å². The van der Waals surface area contributed by atoms with Gasteiger partial charge >= 0.3 is 0 Å². The second-order valence-corrected chi connectivity index (χ2v) is 6.94. The smallest absolute Gasteiger partial charge is 0.251 e. The fourth-order valence-electron chi connectivity index (χ4n) is 2.98. The Morgan fingerprint density at radius 2 is 1.70 bits per heavy atom. The number of hydrogen-bond donors (Lipinski definition) is 2. The number of anilines is 2. The van der Waals surface area contributed by atoms with E-state index < -0.39 is 0 Å². The van der Waals surface area contributed by atoms with Gasteiger partial charge in [-0.05, 0) is 50.7 Å². The minimum atomic E-state index is -0.162. The molecule has 2 aromatic heterocycles. The number of likely N-dealkylation sites (N-methyl/N-ethyl adjacent to an activating group) is 1. The second kappa shape index (κ2) is 9.36. The lowest BCUT2D eigenvalue weighted by Crippen LogP contribution is -2.32. The summed E-state index contributed by atoms with van der Waals surface area (Å²) in [6.07, 6.45) is 0. The zero-order valence-corrected chi connectivity index (χ0v) is 17.5. The number of rotatable bonds is 8. The van der Waals surface area contributed by atoms with Crippen LogP contribution in [0.1, 0.15) is 31.3 Å². The van der Waals surface area contributed by atoms with Gasteiger partial charge in [-0.1, -0.05) is 6.92 Å². The molecular weight excluding hydrogens is 386 g/mol. The number of nitrogens with one attached hydrogen (secondary N) is 2. The van der Waals surface area contributed by atoms with Crippen LogP contribution in [0.15, 0.2) is 39.2 Å². The third kappa shape index (κ3) is 5.54. The minimum absolute atomic E-state index is 0.146. The molecule has 3 rings (SSSR count). The third-order valence-electron chi connectivity index (χ3n) is 4.40. The van der Waals surface area contributed by atoms with Crippen LogP contribution >= 0.6 is 0 Å². The van der Waals surface area contributed by atoms with Gasteiger partial charge in [-0.2, -0.15) is 0 Å². The first-order chi connectivity index (χ1) is 14.3. The molecule has 0 saturated carbocycles. The molecule has 0 unspecified atom stereocenters. The highest BCUT2D eigenvalue weighted by Gasteiger charge is 2.17. The molecule has 2 heterocycles. The average Bonchev–Trinajstić information content (AvgIpc) is 3.27. The quantitative estimate of drug-likeness (QED) is 0.584. The summed E-state index contributed by atoms with van der Waals surface area (Å²) in [6, 6.07) is 8.79. The summed E-state index contributed by atoms with van der Waals surface area (Å²) in [7, 11) is 0. The Morgan fingerprint density at radius 1 is 1.03 bits per heavy atom. The van der Waals surface area contributed by atoms with E-state index in [1.54, 1.807) is 24.3 Å². The van der Waals surface area contributed by atoms with Crippen molar-refractivity contribution >= 4 is 23.2 Å². The average molecular weight is 411 g/mol. The first kappa shape index (κ1) is 21.3. The summed E-state index contributed by atoms with van der Waals surface area (Å²) in [5, 5.41) is 13.7. The summed E-state index contributed by atoms with van der Waals surface area (Å²) in [5.41, 5.74) is 2.09. The molecule has 2 amide bonds. The molecule has 0 aliphatic rings.